The lowest BCUT2D eigenvalue weighted by atomic mass is 9.98. The molecule has 1 aliphatic rings. The van der Waals surface area contributed by atoms with Crippen molar-refractivity contribution in [3.05, 3.63) is 75.6 Å². The summed E-state index contributed by atoms with van der Waals surface area (Å²) in [6, 6.07) is 11.7. The summed E-state index contributed by atoms with van der Waals surface area (Å²) >= 11 is 0. The van der Waals surface area contributed by atoms with E-state index in [-0.39, 0.29) is 23.5 Å². The topological polar surface area (TPSA) is 75.8 Å². The molecule has 24 heavy (non-hydrogen) atoms. The summed E-state index contributed by atoms with van der Waals surface area (Å²) in [5.41, 5.74) is 2.17. The van der Waals surface area contributed by atoms with Gasteiger partial charge in [0.1, 0.15) is 5.82 Å². The van der Waals surface area contributed by atoms with Crippen LogP contribution in [0, 0.1) is 15.9 Å². The highest BCUT2D eigenvalue weighted by molar-refractivity contribution is 6.03. The Kier molecular flexibility index (Phi) is 4.07. The van der Waals surface area contributed by atoms with Crippen molar-refractivity contribution in [3.8, 4) is 0 Å². The summed E-state index contributed by atoms with van der Waals surface area (Å²) in [5, 5.41) is 16.5. The monoisotopic (exact) mass is 327 g/mol. The molecule has 3 rings (SSSR count). The minimum absolute atomic E-state index is 0.00852. The number of nitro benzene ring substituents is 1. The van der Waals surface area contributed by atoms with Crippen molar-refractivity contribution in [1.29, 1.82) is 0 Å². The van der Waals surface area contributed by atoms with Gasteiger partial charge in [0.25, 0.3) is 5.69 Å². The van der Waals surface area contributed by atoms with Gasteiger partial charge >= 0.3 is 0 Å². The lowest BCUT2D eigenvalue weighted by molar-refractivity contribution is -0.384. The second-order valence-corrected chi connectivity index (χ2v) is 5.49. The van der Waals surface area contributed by atoms with Crippen LogP contribution in [-0.4, -0.2) is 21.6 Å². The zero-order valence-electron chi connectivity index (χ0n) is 12.8. The Balaban J connectivity index is 1.90. The van der Waals surface area contributed by atoms with Crippen molar-refractivity contribution in [3.63, 3.8) is 0 Å². The molecule has 6 nitrogen and oxygen atoms in total. The number of hydrazone groups is 1. The third kappa shape index (κ3) is 3.01. The van der Waals surface area contributed by atoms with Gasteiger partial charge in [-0.1, -0.05) is 24.3 Å². The van der Waals surface area contributed by atoms with Gasteiger partial charge in [-0.15, -0.1) is 0 Å². The standard InChI is InChI=1S/C17H14FN3O3/c1-11(22)20-17(13-4-8-15(9-5-13)21(23)24)10-16(19-20)12-2-6-14(18)7-3-12/h2-9,17H,10H2,1H3/t17-/m1/s1. The van der Waals surface area contributed by atoms with Crippen molar-refractivity contribution in [2.45, 2.75) is 19.4 Å². The molecule has 1 amide bonds. The maximum Gasteiger partial charge on any atom is 0.269 e. The van der Waals surface area contributed by atoms with Crippen LogP contribution in [0.2, 0.25) is 0 Å². The van der Waals surface area contributed by atoms with E-state index in [0.29, 0.717) is 12.1 Å². The third-order valence-corrected chi connectivity index (χ3v) is 3.90. The zero-order valence-corrected chi connectivity index (χ0v) is 12.8. The molecule has 2 aromatic rings. The van der Waals surface area contributed by atoms with Crippen LogP contribution in [0.1, 0.15) is 30.5 Å². The first-order valence-electron chi connectivity index (χ1n) is 7.33. The first kappa shape index (κ1) is 15.8. The summed E-state index contributed by atoms with van der Waals surface area (Å²) in [7, 11) is 0. The number of halogens is 1. The third-order valence-electron chi connectivity index (χ3n) is 3.90. The molecule has 0 radical (unpaired) electrons. The maximum absolute atomic E-state index is 13.1. The number of carbonyl (C=O) groups is 1. The summed E-state index contributed by atoms with van der Waals surface area (Å²) in [4.78, 5) is 22.2. The predicted octanol–water partition coefficient (Wildman–Crippen LogP) is 3.43. The van der Waals surface area contributed by atoms with Crippen molar-refractivity contribution in [2.75, 3.05) is 0 Å². The number of rotatable bonds is 3. The number of hydrogen-bond acceptors (Lipinski definition) is 4. The summed E-state index contributed by atoms with van der Waals surface area (Å²) in [6.07, 6.45) is 0.461. The molecule has 2 aromatic carbocycles. The van der Waals surface area contributed by atoms with E-state index in [9.17, 15) is 19.3 Å². The first-order valence-corrected chi connectivity index (χ1v) is 7.33. The summed E-state index contributed by atoms with van der Waals surface area (Å²) in [6.45, 7) is 1.41. The van der Waals surface area contributed by atoms with Gasteiger partial charge in [-0.2, -0.15) is 5.10 Å². The molecule has 0 aromatic heterocycles. The average Bonchev–Trinajstić information content (AvgIpc) is 3.01. The number of benzene rings is 2. The van der Waals surface area contributed by atoms with Gasteiger partial charge in [-0.05, 0) is 23.3 Å². The quantitative estimate of drug-likeness (QED) is 0.640. The van der Waals surface area contributed by atoms with E-state index < -0.39 is 4.92 Å². The SMILES string of the molecule is CC(=O)N1N=C(c2ccc(F)cc2)C[C@@H]1c1ccc([N+](=O)[O-])cc1. The normalized spacial score (nSPS) is 16.8. The van der Waals surface area contributed by atoms with Gasteiger partial charge in [0, 0.05) is 25.5 Å². The number of hydrogen-bond donors (Lipinski definition) is 0. The molecular weight excluding hydrogens is 313 g/mol. The zero-order chi connectivity index (χ0) is 17.3. The molecule has 122 valence electrons. The minimum Gasteiger partial charge on any atom is -0.273 e. The van der Waals surface area contributed by atoms with Crippen LogP contribution in [0.25, 0.3) is 0 Å². The molecular formula is C17H14FN3O3. The Hall–Kier alpha value is -3.09. The fourth-order valence-electron chi connectivity index (χ4n) is 2.70. The smallest absolute Gasteiger partial charge is 0.269 e. The van der Waals surface area contributed by atoms with E-state index in [4.69, 9.17) is 0 Å². The largest absolute Gasteiger partial charge is 0.273 e. The molecule has 7 heteroatoms. The molecule has 0 saturated carbocycles. The molecule has 0 spiro atoms. The fraction of sp³-hybridized carbons (Fsp3) is 0.176. The fourth-order valence-corrected chi connectivity index (χ4v) is 2.70. The van der Waals surface area contributed by atoms with E-state index in [1.54, 1.807) is 24.3 Å². The van der Waals surface area contributed by atoms with E-state index in [0.717, 1.165) is 11.1 Å². The van der Waals surface area contributed by atoms with Gasteiger partial charge in [0.2, 0.25) is 5.91 Å². The van der Waals surface area contributed by atoms with Gasteiger partial charge in [-0.3, -0.25) is 14.9 Å². The predicted molar refractivity (Wildman–Crippen MR) is 85.9 cm³/mol. The van der Waals surface area contributed by atoms with Crippen LogP contribution in [0.15, 0.2) is 53.6 Å². The molecule has 0 saturated heterocycles. The number of amides is 1. The van der Waals surface area contributed by atoms with E-state index >= 15 is 0 Å². The second kappa shape index (κ2) is 6.19. The molecule has 0 N–H and O–H groups in total. The maximum atomic E-state index is 13.1. The molecule has 0 unspecified atom stereocenters. The molecule has 1 heterocycles. The average molecular weight is 327 g/mol. The van der Waals surface area contributed by atoms with Crippen LogP contribution in [0.4, 0.5) is 10.1 Å². The van der Waals surface area contributed by atoms with Gasteiger partial charge in [-0.25, -0.2) is 9.40 Å². The van der Waals surface area contributed by atoms with Gasteiger partial charge < -0.3 is 0 Å². The van der Waals surface area contributed by atoms with E-state index in [2.05, 4.69) is 5.10 Å². The van der Waals surface area contributed by atoms with Crippen LogP contribution in [0.3, 0.4) is 0 Å². The molecule has 0 bridgehead atoms. The summed E-state index contributed by atoms with van der Waals surface area (Å²) < 4.78 is 13.1. The highest BCUT2D eigenvalue weighted by atomic mass is 19.1. The molecule has 1 atom stereocenters. The number of non-ortho nitro benzene ring substituents is 1. The Morgan fingerprint density at radius 1 is 1.21 bits per heavy atom. The highest BCUT2D eigenvalue weighted by Crippen LogP contribution is 2.33. The molecule has 1 aliphatic heterocycles. The minimum atomic E-state index is -0.471. The van der Waals surface area contributed by atoms with Crippen LogP contribution in [0.5, 0.6) is 0 Å². The first-order chi connectivity index (χ1) is 11.5. The molecule has 0 aliphatic carbocycles. The van der Waals surface area contributed by atoms with Crippen LogP contribution >= 0.6 is 0 Å². The lowest BCUT2D eigenvalue weighted by Gasteiger charge is -2.20. The van der Waals surface area contributed by atoms with Crippen LogP contribution in [-0.2, 0) is 4.79 Å². The van der Waals surface area contributed by atoms with Crippen molar-refractivity contribution >= 4 is 17.3 Å². The second-order valence-electron chi connectivity index (χ2n) is 5.49. The van der Waals surface area contributed by atoms with Crippen molar-refractivity contribution < 1.29 is 14.1 Å². The summed E-state index contributed by atoms with van der Waals surface area (Å²) in [5.74, 6) is -0.567. The Labute approximate surface area is 137 Å². The number of nitrogens with zero attached hydrogens (tertiary/aromatic N) is 3. The van der Waals surface area contributed by atoms with Crippen molar-refractivity contribution in [2.24, 2.45) is 5.10 Å². The highest BCUT2D eigenvalue weighted by Gasteiger charge is 2.31. The Morgan fingerprint density at radius 2 is 1.83 bits per heavy atom. The van der Waals surface area contributed by atoms with E-state index in [1.165, 1.54) is 36.2 Å². The van der Waals surface area contributed by atoms with Gasteiger partial charge in [0.05, 0.1) is 16.7 Å². The Bertz CT molecular complexity index is 816. The molecule has 0 fully saturated rings. The lowest BCUT2D eigenvalue weighted by Crippen LogP contribution is -2.24. The van der Waals surface area contributed by atoms with Gasteiger partial charge in [0.15, 0.2) is 0 Å². The van der Waals surface area contributed by atoms with Crippen LogP contribution < -0.4 is 0 Å². The van der Waals surface area contributed by atoms with Crippen molar-refractivity contribution in [1.82, 2.24) is 5.01 Å². The number of carbonyl (C=O) groups excluding carboxylic acids is 1. The number of nitro groups is 1. The van der Waals surface area contributed by atoms with E-state index in [1.807, 2.05) is 0 Å². The Morgan fingerprint density at radius 3 is 2.38 bits per heavy atom.